The molecule has 2 aliphatic rings. The van der Waals surface area contributed by atoms with Crippen molar-refractivity contribution in [2.75, 3.05) is 7.11 Å². The molecule has 0 saturated heterocycles. The minimum absolute atomic E-state index is 0.000766. The first-order chi connectivity index (χ1) is 23.6. The van der Waals surface area contributed by atoms with Crippen LogP contribution in [0.15, 0.2) is 54.0 Å². The van der Waals surface area contributed by atoms with Gasteiger partial charge in [0, 0.05) is 19.8 Å². The average Bonchev–Trinajstić information content (AvgIpc) is 3.07. The van der Waals surface area contributed by atoms with Crippen molar-refractivity contribution in [2.24, 2.45) is 11.8 Å². The van der Waals surface area contributed by atoms with E-state index in [0.29, 0.717) is 6.42 Å². The third kappa shape index (κ3) is 5.39. The molecule has 0 aromatic heterocycles. The largest absolute Gasteiger partial charge is 0.578 e. The van der Waals surface area contributed by atoms with Crippen molar-refractivity contribution in [3.8, 4) is 62.5 Å². The smallest absolute Gasteiger partial charge is 0.374 e. The Morgan fingerprint density at radius 3 is 1.92 bits per heavy atom. The van der Waals surface area contributed by atoms with Crippen LogP contribution in [0.25, 0.3) is 22.3 Å². The van der Waals surface area contributed by atoms with Crippen LogP contribution in [0.1, 0.15) is 54.4 Å². The van der Waals surface area contributed by atoms with E-state index in [0.717, 1.165) is 18.9 Å². The number of aliphatic hydroxyl groups is 1. The first-order valence-electron chi connectivity index (χ1n) is 15.8. The van der Waals surface area contributed by atoms with Crippen molar-refractivity contribution in [1.82, 2.24) is 5.06 Å². The van der Waals surface area contributed by atoms with E-state index in [1.54, 1.807) is 27.7 Å². The van der Waals surface area contributed by atoms with Gasteiger partial charge in [0.15, 0.2) is 34.4 Å². The number of hydrogen-bond donors (Lipinski definition) is 4. The highest BCUT2D eigenvalue weighted by Gasteiger charge is 2.72. The summed E-state index contributed by atoms with van der Waals surface area (Å²) in [6.45, 7) is 8.95. The van der Waals surface area contributed by atoms with Crippen LogP contribution in [0, 0.1) is 17.0 Å². The number of quaternary nitrogens is 1. The highest BCUT2D eigenvalue weighted by Crippen LogP contribution is 2.58. The number of carbonyl (C=O) groups is 3. The first kappa shape index (κ1) is 35.8. The lowest BCUT2D eigenvalue weighted by atomic mass is 9.89. The van der Waals surface area contributed by atoms with Crippen LogP contribution in [0.5, 0.6) is 40.2 Å². The molecule has 15 nitrogen and oxygen atoms in total. The van der Waals surface area contributed by atoms with Gasteiger partial charge >= 0.3 is 29.5 Å². The molecule has 1 amide bonds. The minimum atomic E-state index is -2.47. The fourth-order valence-corrected chi connectivity index (χ4v) is 6.12. The lowest BCUT2D eigenvalue weighted by molar-refractivity contribution is -1.08. The van der Waals surface area contributed by atoms with Gasteiger partial charge < -0.3 is 39.8 Å². The summed E-state index contributed by atoms with van der Waals surface area (Å²) in [4.78, 5) is 48.3. The summed E-state index contributed by atoms with van der Waals surface area (Å²) in [6.07, 6.45) is 0.650. The van der Waals surface area contributed by atoms with Crippen LogP contribution < -0.4 is 19.0 Å². The molecule has 2 aliphatic heterocycles. The predicted molar refractivity (Wildman–Crippen MR) is 175 cm³/mol. The number of rotatable bonds is 9. The molecule has 0 spiro atoms. The Morgan fingerprint density at radius 1 is 0.880 bits per heavy atom. The molecular formula is C35H38N2O13. The number of allylic oxidation sites excluding steroid dienone is 1. The van der Waals surface area contributed by atoms with E-state index in [1.165, 1.54) is 49.6 Å². The Morgan fingerprint density at radius 2 is 1.42 bits per heavy atom. The van der Waals surface area contributed by atoms with Gasteiger partial charge in [-0.15, -0.1) is 0 Å². The molecule has 50 heavy (non-hydrogen) atoms. The fourth-order valence-electron chi connectivity index (χ4n) is 6.12. The molecule has 3 aromatic carbocycles. The van der Waals surface area contributed by atoms with Gasteiger partial charge in [0.05, 0.1) is 24.2 Å². The van der Waals surface area contributed by atoms with Gasteiger partial charge in [-0.05, 0) is 54.3 Å². The maximum Gasteiger partial charge on any atom is 0.374 e. The molecule has 4 N–H and O–H groups in total. The summed E-state index contributed by atoms with van der Waals surface area (Å²) in [5.41, 5.74) is -2.94. The lowest BCUT2D eigenvalue weighted by Gasteiger charge is -2.56. The van der Waals surface area contributed by atoms with E-state index >= 15 is 0 Å². The van der Waals surface area contributed by atoms with Gasteiger partial charge in [-0.1, -0.05) is 44.6 Å². The summed E-state index contributed by atoms with van der Waals surface area (Å²) in [7, 11) is 1.22. The van der Waals surface area contributed by atoms with Crippen molar-refractivity contribution in [2.45, 2.75) is 60.1 Å². The summed E-state index contributed by atoms with van der Waals surface area (Å²) < 4.78 is 17.3. The number of ether oxygens (including phenoxy) is 3. The summed E-state index contributed by atoms with van der Waals surface area (Å²) in [6, 6.07) is 9.19. The maximum absolute atomic E-state index is 14.8. The Balaban J connectivity index is 1.79. The van der Waals surface area contributed by atoms with Gasteiger partial charge in [-0.3, -0.25) is 24.1 Å². The fraction of sp³-hybridized carbons (Fsp3) is 0.343. The van der Waals surface area contributed by atoms with Gasteiger partial charge in [-0.2, -0.15) is 5.06 Å². The average molecular weight is 695 g/mol. The number of aromatic hydroxyl groups is 3. The number of esters is 2. The second-order valence-electron chi connectivity index (χ2n) is 12.1. The number of benzene rings is 3. The standard InChI is InChI=1S/C35H38N2O13/c1-8-17(3)28-33(43)37(45)35(18(4)9-2,34(44)36(28)46-7)49-25-16-22(12-15-24(25)50-37)27-30(42)29(41)26(21-10-13-23(40)14-11-21)31(47-19(5)38)32(27)48-20(6)39/h10-18,40-43H,8-9H2,1-7H3/t17-,18-,35-,37-/m0/s1. The summed E-state index contributed by atoms with van der Waals surface area (Å²) in [5, 5.41) is 59.8. The molecule has 0 radical (unpaired) electrons. The highest BCUT2D eigenvalue weighted by atomic mass is 17.0. The van der Waals surface area contributed by atoms with E-state index in [4.69, 9.17) is 23.9 Å². The second kappa shape index (κ2) is 13.1. The molecule has 0 aliphatic carbocycles. The Hall–Kier alpha value is -5.51. The Kier molecular flexibility index (Phi) is 9.36. The molecule has 0 fully saturated rings. The molecule has 0 saturated carbocycles. The van der Waals surface area contributed by atoms with E-state index < -0.39 is 69.1 Å². The number of aliphatic hydroxyl groups excluding tert-OH is 1. The van der Waals surface area contributed by atoms with Crippen LogP contribution in [0.4, 0.5) is 0 Å². The zero-order valence-corrected chi connectivity index (χ0v) is 28.5. The van der Waals surface area contributed by atoms with E-state index in [1.807, 2.05) is 0 Å². The number of nitrogens with zero attached hydrogens (tertiary/aromatic N) is 2. The number of hydrogen-bond acceptors (Lipinski definition) is 13. The van der Waals surface area contributed by atoms with Crippen LogP contribution in [0.3, 0.4) is 0 Å². The number of carbonyl (C=O) groups excluding carboxylic acids is 3. The van der Waals surface area contributed by atoms with Crippen LogP contribution in [-0.4, -0.2) is 61.0 Å². The molecule has 2 heterocycles. The monoisotopic (exact) mass is 694 g/mol. The van der Waals surface area contributed by atoms with Gasteiger partial charge in [-0.25, -0.2) is 0 Å². The van der Waals surface area contributed by atoms with Gasteiger partial charge in [0.2, 0.25) is 5.75 Å². The van der Waals surface area contributed by atoms with Gasteiger partial charge in [0.1, 0.15) is 5.75 Å². The Bertz CT molecular complexity index is 1910. The third-order valence-corrected chi connectivity index (χ3v) is 8.93. The van der Waals surface area contributed by atoms with Crippen molar-refractivity contribution >= 4 is 17.8 Å². The molecule has 266 valence electrons. The maximum atomic E-state index is 14.8. The third-order valence-electron chi connectivity index (χ3n) is 8.93. The summed E-state index contributed by atoms with van der Waals surface area (Å²) >= 11 is 0. The van der Waals surface area contributed by atoms with Crippen LogP contribution in [0.2, 0.25) is 0 Å². The molecule has 3 aromatic rings. The molecular weight excluding hydrogens is 656 g/mol. The molecule has 5 rings (SSSR count). The van der Waals surface area contributed by atoms with Crippen molar-refractivity contribution in [3.05, 3.63) is 59.3 Å². The van der Waals surface area contributed by atoms with Crippen LogP contribution >= 0.6 is 0 Å². The molecule has 15 heteroatoms. The van der Waals surface area contributed by atoms with Crippen LogP contribution in [-0.2, 0) is 19.2 Å². The van der Waals surface area contributed by atoms with E-state index in [2.05, 4.69) is 0 Å². The predicted octanol–water partition coefficient (Wildman–Crippen LogP) is 5.91. The quantitative estimate of drug-likeness (QED) is 0.0677. The molecule has 0 unspecified atom stereocenters. The number of amides is 1. The first-order valence-corrected chi connectivity index (χ1v) is 15.8. The number of fused-ring (bicyclic) bond motifs is 2. The zero-order valence-electron chi connectivity index (χ0n) is 28.5. The topological polar surface area (TPSA) is 205 Å². The number of hydroxylamine groups is 6. The van der Waals surface area contributed by atoms with Crippen molar-refractivity contribution in [3.63, 3.8) is 0 Å². The highest BCUT2D eigenvalue weighted by molar-refractivity contribution is 5.96. The molecule has 4 atom stereocenters. The Labute approximate surface area is 287 Å². The summed E-state index contributed by atoms with van der Waals surface area (Å²) in [5.74, 6) is -7.90. The number of phenols is 3. The van der Waals surface area contributed by atoms with Crippen molar-refractivity contribution < 1.29 is 63.5 Å². The zero-order chi connectivity index (χ0) is 36.9. The van der Waals surface area contributed by atoms with Gasteiger partial charge in [0.25, 0.3) is 0 Å². The second-order valence-corrected chi connectivity index (χ2v) is 12.1. The molecule has 0 bridgehead atoms. The number of phenolic OH excluding ortho intramolecular Hbond substituents is 3. The van der Waals surface area contributed by atoms with E-state index in [-0.39, 0.29) is 51.6 Å². The SMILES string of the molecule is CC[C@H](C)C1=C(O)[N@+]2([O-])Oc3ccc(-c4c(O)c(O)c(-c5ccc(O)cc5)c(OC(C)=O)c4OC(C)=O)cc3O[C@@]2([C@@H](C)CC)C(=O)N1OC. The normalized spacial score (nSPS) is 21.0. The van der Waals surface area contributed by atoms with E-state index in [9.17, 15) is 40.0 Å². The minimum Gasteiger partial charge on any atom is -0.578 e. The van der Waals surface area contributed by atoms with Crippen molar-refractivity contribution in [1.29, 1.82) is 0 Å². The lowest BCUT2D eigenvalue weighted by Crippen LogP contribution is -2.78.